The van der Waals surface area contributed by atoms with Crippen LogP contribution in [0.25, 0.3) is 0 Å². The van der Waals surface area contributed by atoms with Gasteiger partial charge in [-0.2, -0.15) is 0 Å². The number of piperidine rings is 1. The van der Waals surface area contributed by atoms with Crippen LogP contribution in [-0.4, -0.2) is 42.4 Å². The van der Waals surface area contributed by atoms with Gasteiger partial charge in [0.05, 0.1) is 0 Å². The third-order valence-electron chi connectivity index (χ3n) is 3.98. The molecule has 0 aromatic heterocycles. The van der Waals surface area contributed by atoms with Crippen molar-refractivity contribution in [2.24, 2.45) is 5.92 Å². The molecule has 0 saturated carbocycles. The van der Waals surface area contributed by atoms with Crippen LogP contribution in [-0.2, 0) is 6.42 Å². The van der Waals surface area contributed by atoms with Crippen molar-refractivity contribution in [1.29, 1.82) is 0 Å². The largest absolute Gasteiger partial charge is 0.491 e. The minimum absolute atomic E-state index is 0. The molecular formula is C18H28ClNO2. The van der Waals surface area contributed by atoms with E-state index in [2.05, 4.69) is 18.4 Å². The third kappa shape index (κ3) is 5.99. The number of allylic oxidation sites excluding steroid dienone is 1. The van der Waals surface area contributed by atoms with Crippen LogP contribution in [0.4, 0.5) is 0 Å². The molecule has 0 bridgehead atoms. The van der Waals surface area contributed by atoms with Crippen LogP contribution in [0.15, 0.2) is 36.9 Å². The molecule has 2 atom stereocenters. The Balaban J connectivity index is 0.00000242. The summed E-state index contributed by atoms with van der Waals surface area (Å²) in [6, 6.07) is 7.95. The van der Waals surface area contributed by atoms with Gasteiger partial charge in [-0.3, -0.25) is 0 Å². The Morgan fingerprint density at radius 3 is 2.95 bits per heavy atom. The van der Waals surface area contributed by atoms with Crippen LogP contribution in [0.5, 0.6) is 5.75 Å². The smallest absolute Gasteiger partial charge is 0.122 e. The van der Waals surface area contributed by atoms with Crippen molar-refractivity contribution in [3.63, 3.8) is 0 Å². The number of benzene rings is 1. The number of hydrogen-bond donors (Lipinski definition) is 1. The quantitative estimate of drug-likeness (QED) is 0.781. The van der Waals surface area contributed by atoms with Gasteiger partial charge in [-0.15, -0.1) is 19.0 Å². The summed E-state index contributed by atoms with van der Waals surface area (Å²) in [5.41, 5.74) is 1.12. The van der Waals surface area contributed by atoms with E-state index in [9.17, 15) is 5.11 Å². The maximum absolute atomic E-state index is 10.2. The molecule has 1 heterocycles. The molecule has 1 aromatic rings. The first-order chi connectivity index (χ1) is 10.2. The normalized spacial score (nSPS) is 20.0. The van der Waals surface area contributed by atoms with Gasteiger partial charge in [0.1, 0.15) is 18.5 Å². The minimum atomic E-state index is -0.438. The third-order valence-corrected chi connectivity index (χ3v) is 3.98. The molecule has 1 aliphatic heterocycles. The van der Waals surface area contributed by atoms with Gasteiger partial charge in [-0.1, -0.05) is 31.2 Å². The maximum atomic E-state index is 10.2. The molecule has 3 nitrogen and oxygen atoms in total. The van der Waals surface area contributed by atoms with E-state index in [0.717, 1.165) is 36.7 Å². The average molecular weight is 326 g/mol. The summed E-state index contributed by atoms with van der Waals surface area (Å²) in [5, 5.41) is 10.2. The van der Waals surface area contributed by atoms with Gasteiger partial charge in [0, 0.05) is 13.1 Å². The van der Waals surface area contributed by atoms with Crippen molar-refractivity contribution < 1.29 is 9.84 Å². The van der Waals surface area contributed by atoms with Gasteiger partial charge in [-0.05, 0) is 43.4 Å². The lowest BCUT2D eigenvalue weighted by atomic mass is 10.0. The highest BCUT2D eigenvalue weighted by atomic mass is 35.5. The lowest BCUT2D eigenvalue weighted by Crippen LogP contribution is -2.41. The number of hydrogen-bond acceptors (Lipinski definition) is 3. The highest BCUT2D eigenvalue weighted by Gasteiger charge is 2.19. The number of rotatable bonds is 7. The highest BCUT2D eigenvalue weighted by Crippen LogP contribution is 2.19. The molecule has 1 saturated heterocycles. The summed E-state index contributed by atoms with van der Waals surface area (Å²) in [6.07, 6.45) is 4.76. The van der Waals surface area contributed by atoms with Gasteiger partial charge in [0.2, 0.25) is 0 Å². The SMILES string of the molecule is C=CCc1ccccc1OCC(O)CN1CCCC(C)C1.Cl. The summed E-state index contributed by atoms with van der Waals surface area (Å²) < 4.78 is 5.80. The summed E-state index contributed by atoms with van der Waals surface area (Å²) in [4.78, 5) is 2.35. The molecule has 0 radical (unpaired) electrons. The molecule has 22 heavy (non-hydrogen) atoms. The zero-order valence-electron chi connectivity index (χ0n) is 13.4. The number of ether oxygens (including phenoxy) is 1. The van der Waals surface area contributed by atoms with Crippen molar-refractivity contribution in [2.45, 2.75) is 32.3 Å². The fourth-order valence-corrected chi connectivity index (χ4v) is 2.96. The first-order valence-corrected chi connectivity index (χ1v) is 7.91. The molecule has 1 aromatic carbocycles. The number of likely N-dealkylation sites (tertiary alicyclic amines) is 1. The molecule has 124 valence electrons. The Labute approximate surface area is 140 Å². The predicted octanol–water partition coefficient (Wildman–Crippen LogP) is 3.31. The lowest BCUT2D eigenvalue weighted by Gasteiger charge is -2.32. The number of para-hydroxylation sites is 1. The summed E-state index contributed by atoms with van der Waals surface area (Å²) in [7, 11) is 0. The van der Waals surface area contributed by atoms with Crippen molar-refractivity contribution >= 4 is 12.4 Å². The monoisotopic (exact) mass is 325 g/mol. The molecule has 0 aliphatic carbocycles. The van der Waals surface area contributed by atoms with Crippen molar-refractivity contribution in [2.75, 3.05) is 26.2 Å². The number of halogens is 1. The van der Waals surface area contributed by atoms with E-state index in [4.69, 9.17) is 4.74 Å². The zero-order chi connectivity index (χ0) is 15.1. The van der Waals surface area contributed by atoms with Gasteiger partial charge in [-0.25, -0.2) is 0 Å². The zero-order valence-corrected chi connectivity index (χ0v) is 14.2. The van der Waals surface area contributed by atoms with Crippen LogP contribution >= 0.6 is 12.4 Å². The number of aliphatic hydroxyl groups excluding tert-OH is 1. The number of aliphatic hydroxyl groups is 1. The van der Waals surface area contributed by atoms with Gasteiger partial charge < -0.3 is 14.7 Å². The molecule has 4 heteroatoms. The van der Waals surface area contributed by atoms with Crippen LogP contribution in [0.2, 0.25) is 0 Å². The van der Waals surface area contributed by atoms with Gasteiger partial charge in [0.15, 0.2) is 0 Å². The molecular weight excluding hydrogens is 298 g/mol. The van der Waals surface area contributed by atoms with Crippen molar-refractivity contribution in [3.05, 3.63) is 42.5 Å². The molecule has 1 fully saturated rings. The van der Waals surface area contributed by atoms with E-state index in [1.54, 1.807) is 0 Å². The Morgan fingerprint density at radius 1 is 1.45 bits per heavy atom. The van der Waals surface area contributed by atoms with Gasteiger partial charge >= 0.3 is 0 Å². The van der Waals surface area contributed by atoms with Crippen LogP contribution in [0.1, 0.15) is 25.3 Å². The van der Waals surface area contributed by atoms with Crippen molar-refractivity contribution in [3.8, 4) is 5.75 Å². The Bertz CT molecular complexity index is 452. The topological polar surface area (TPSA) is 32.7 Å². The molecule has 1 aliphatic rings. The first kappa shape index (κ1) is 19.0. The summed E-state index contributed by atoms with van der Waals surface area (Å²) in [5.74, 6) is 1.59. The van der Waals surface area contributed by atoms with Crippen molar-refractivity contribution in [1.82, 2.24) is 4.90 Å². The second-order valence-electron chi connectivity index (χ2n) is 6.07. The fourth-order valence-electron chi connectivity index (χ4n) is 2.96. The summed E-state index contributed by atoms with van der Waals surface area (Å²) >= 11 is 0. The second-order valence-corrected chi connectivity index (χ2v) is 6.07. The molecule has 2 rings (SSSR count). The van der Waals surface area contributed by atoms with E-state index in [1.165, 1.54) is 12.8 Å². The Kier molecular flexibility index (Phi) is 8.54. The Hall–Kier alpha value is -1.03. The van der Waals surface area contributed by atoms with E-state index < -0.39 is 6.10 Å². The minimum Gasteiger partial charge on any atom is -0.491 e. The predicted molar refractivity (Wildman–Crippen MR) is 93.9 cm³/mol. The maximum Gasteiger partial charge on any atom is 0.122 e. The van der Waals surface area contributed by atoms with Crippen LogP contribution in [0.3, 0.4) is 0 Å². The van der Waals surface area contributed by atoms with E-state index >= 15 is 0 Å². The molecule has 0 amide bonds. The number of nitrogens with zero attached hydrogens (tertiary/aromatic N) is 1. The molecule has 2 unspecified atom stereocenters. The first-order valence-electron chi connectivity index (χ1n) is 7.91. The standard InChI is InChI=1S/C18H27NO2.ClH/c1-3-7-16-9-4-5-10-18(16)21-14-17(20)13-19-11-6-8-15(2)12-19;/h3-5,9-10,15,17,20H,1,6-8,11-14H2,2H3;1H. The summed E-state index contributed by atoms with van der Waals surface area (Å²) in [6.45, 7) is 9.27. The Morgan fingerprint density at radius 2 is 2.23 bits per heavy atom. The average Bonchev–Trinajstić information content (AvgIpc) is 2.47. The van der Waals surface area contributed by atoms with E-state index in [1.807, 2.05) is 30.3 Å². The van der Waals surface area contributed by atoms with Crippen LogP contribution in [0, 0.1) is 5.92 Å². The second kappa shape index (κ2) is 9.88. The fraction of sp³-hybridized carbons (Fsp3) is 0.556. The highest BCUT2D eigenvalue weighted by molar-refractivity contribution is 5.85. The lowest BCUT2D eigenvalue weighted by molar-refractivity contribution is 0.0535. The molecule has 0 spiro atoms. The molecule has 1 N–H and O–H groups in total. The number of β-amino-alcohol motifs (C(OH)–C–C–N with tert-alkyl or cyclic N) is 1. The van der Waals surface area contributed by atoms with E-state index in [-0.39, 0.29) is 12.4 Å². The van der Waals surface area contributed by atoms with Crippen LogP contribution < -0.4 is 4.74 Å². The van der Waals surface area contributed by atoms with Gasteiger partial charge in [0.25, 0.3) is 0 Å². The van der Waals surface area contributed by atoms with E-state index in [0.29, 0.717) is 13.2 Å².